The molecular formula is C11H20O2. The monoisotopic (exact) mass is 184 g/mol. The molecule has 1 N–H and O–H groups in total. The highest BCUT2D eigenvalue weighted by Crippen LogP contribution is 2.21. The van der Waals surface area contributed by atoms with E-state index >= 15 is 0 Å². The first-order chi connectivity index (χ1) is 5.99. The smallest absolute Gasteiger partial charge is 0.330 e. The molecule has 0 aliphatic heterocycles. The van der Waals surface area contributed by atoms with Gasteiger partial charge in [-0.2, -0.15) is 0 Å². The Balaban J connectivity index is 3.76. The fraction of sp³-hybridized carbons (Fsp3) is 0.727. The summed E-state index contributed by atoms with van der Waals surface area (Å²) in [6.45, 7) is 10.0. The average Bonchev–Trinajstić information content (AvgIpc) is 2.11. The number of hydrogen-bond donors (Lipinski definition) is 1. The number of carboxylic acids is 1. The summed E-state index contributed by atoms with van der Waals surface area (Å²) in [5.74, 6) is 0.388. The lowest BCUT2D eigenvalue weighted by molar-refractivity contribution is -0.132. The maximum atomic E-state index is 10.5. The molecule has 0 amide bonds. The quantitative estimate of drug-likeness (QED) is 0.644. The van der Waals surface area contributed by atoms with Crippen LogP contribution >= 0.6 is 0 Å². The van der Waals surface area contributed by atoms with Crippen molar-refractivity contribution < 1.29 is 9.90 Å². The molecule has 76 valence electrons. The van der Waals surface area contributed by atoms with E-state index < -0.39 is 5.97 Å². The lowest BCUT2D eigenvalue weighted by Crippen LogP contribution is -2.08. The predicted molar refractivity (Wildman–Crippen MR) is 54.6 cm³/mol. The summed E-state index contributed by atoms with van der Waals surface area (Å²) in [7, 11) is 0. The lowest BCUT2D eigenvalue weighted by Gasteiger charge is -2.17. The lowest BCUT2D eigenvalue weighted by atomic mass is 9.88. The molecular weight excluding hydrogens is 164 g/mol. The first-order valence-electron chi connectivity index (χ1n) is 4.90. The summed E-state index contributed by atoms with van der Waals surface area (Å²) >= 11 is 0. The van der Waals surface area contributed by atoms with Crippen molar-refractivity contribution in [2.24, 2.45) is 11.8 Å². The van der Waals surface area contributed by atoms with E-state index in [2.05, 4.69) is 27.4 Å². The van der Waals surface area contributed by atoms with Crippen molar-refractivity contribution in [1.29, 1.82) is 0 Å². The molecule has 0 rings (SSSR count). The molecule has 13 heavy (non-hydrogen) atoms. The molecule has 2 unspecified atom stereocenters. The van der Waals surface area contributed by atoms with Crippen LogP contribution in [0.5, 0.6) is 0 Å². The number of aliphatic carboxylic acids is 1. The largest absolute Gasteiger partial charge is 0.478 e. The van der Waals surface area contributed by atoms with Crippen LogP contribution in [-0.2, 0) is 4.79 Å². The van der Waals surface area contributed by atoms with E-state index in [1.54, 1.807) is 0 Å². The Morgan fingerprint density at radius 3 is 2.31 bits per heavy atom. The van der Waals surface area contributed by atoms with Crippen molar-refractivity contribution >= 4 is 5.97 Å². The van der Waals surface area contributed by atoms with Gasteiger partial charge in [0.05, 0.1) is 0 Å². The molecule has 0 aromatic heterocycles. The number of hydrogen-bond acceptors (Lipinski definition) is 1. The van der Waals surface area contributed by atoms with E-state index in [1.807, 2.05) is 0 Å². The van der Waals surface area contributed by atoms with Crippen molar-refractivity contribution in [3.8, 4) is 0 Å². The number of rotatable bonds is 6. The second-order valence-electron chi connectivity index (χ2n) is 3.81. The van der Waals surface area contributed by atoms with Gasteiger partial charge in [0.25, 0.3) is 0 Å². The Hall–Kier alpha value is -0.790. The SMILES string of the molecule is C=C(CCC(C)C(C)CC)C(=O)O. The van der Waals surface area contributed by atoms with Crippen LogP contribution in [0.25, 0.3) is 0 Å². The van der Waals surface area contributed by atoms with Gasteiger partial charge in [-0.25, -0.2) is 4.79 Å². The first kappa shape index (κ1) is 12.2. The van der Waals surface area contributed by atoms with E-state index in [0.717, 1.165) is 12.8 Å². The van der Waals surface area contributed by atoms with Crippen molar-refractivity contribution in [2.45, 2.75) is 40.0 Å². The number of carbonyl (C=O) groups is 1. The maximum absolute atomic E-state index is 10.5. The third kappa shape index (κ3) is 4.71. The summed E-state index contributed by atoms with van der Waals surface area (Å²) < 4.78 is 0. The van der Waals surface area contributed by atoms with E-state index in [4.69, 9.17) is 5.11 Å². The van der Waals surface area contributed by atoms with Crippen LogP contribution in [0, 0.1) is 11.8 Å². The molecule has 0 fully saturated rings. The Morgan fingerprint density at radius 2 is 1.92 bits per heavy atom. The molecule has 0 bridgehead atoms. The molecule has 2 atom stereocenters. The van der Waals surface area contributed by atoms with Gasteiger partial charge in [-0.05, 0) is 24.7 Å². The fourth-order valence-corrected chi connectivity index (χ4v) is 1.20. The van der Waals surface area contributed by atoms with Crippen LogP contribution in [0.15, 0.2) is 12.2 Å². The van der Waals surface area contributed by atoms with Crippen LogP contribution in [0.4, 0.5) is 0 Å². The Morgan fingerprint density at radius 1 is 1.38 bits per heavy atom. The highest BCUT2D eigenvalue weighted by molar-refractivity contribution is 5.85. The van der Waals surface area contributed by atoms with Crippen molar-refractivity contribution in [3.05, 3.63) is 12.2 Å². The minimum Gasteiger partial charge on any atom is -0.478 e. The minimum atomic E-state index is -0.864. The van der Waals surface area contributed by atoms with Gasteiger partial charge in [0, 0.05) is 5.57 Å². The third-order valence-corrected chi connectivity index (χ3v) is 2.82. The normalized spacial score (nSPS) is 15.0. The highest BCUT2D eigenvalue weighted by atomic mass is 16.4. The summed E-state index contributed by atoms with van der Waals surface area (Å²) in [4.78, 5) is 10.5. The highest BCUT2D eigenvalue weighted by Gasteiger charge is 2.12. The van der Waals surface area contributed by atoms with Gasteiger partial charge in [0.1, 0.15) is 0 Å². The van der Waals surface area contributed by atoms with Crippen LogP contribution in [-0.4, -0.2) is 11.1 Å². The van der Waals surface area contributed by atoms with Crippen molar-refractivity contribution in [3.63, 3.8) is 0 Å². The zero-order chi connectivity index (χ0) is 10.4. The van der Waals surface area contributed by atoms with Gasteiger partial charge in [-0.15, -0.1) is 0 Å². The maximum Gasteiger partial charge on any atom is 0.330 e. The molecule has 0 aromatic rings. The van der Waals surface area contributed by atoms with Gasteiger partial charge in [-0.1, -0.05) is 33.8 Å². The molecule has 0 saturated carbocycles. The average molecular weight is 184 g/mol. The topological polar surface area (TPSA) is 37.3 Å². The molecule has 0 radical (unpaired) electrons. The predicted octanol–water partition coefficient (Wildman–Crippen LogP) is 3.09. The van der Waals surface area contributed by atoms with E-state index in [-0.39, 0.29) is 0 Å². The van der Waals surface area contributed by atoms with Crippen LogP contribution < -0.4 is 0 Å². The zero-order valence-corrected chi connectivity index (χ0v) is 8.84. The summed E-state index contributed by atoms with van der Waals surface area (Å²) in [5.41, 5.74) is 0.329. The van der Waals surface area contributed by atoms with Gasteiger partial charge >= 0.3 is 5.97 Å². The molecule has 2 nitrogen and oxygen atoms in total. The molecule has 0 aliphatic carbocycles. The van der Waals surface area contributed by atoms with E-state index in [0.29, 0.717) is 23.8 Å². The molecule has 0 aromatic carbocycles. The molecule has 0 saturated heterocycles. The number of carboxylic acid groups (broad SMARTS) is 1. The molecule has 0 aliphatic rings. The van der Waals surface area contributed by atoms with Gasteiger partial charge in [-0.3, -0.25) is 0 Å². The third-order valence-electron chi connectivity index (χ3n) is 2.82. The fourth-order valence-electron chi connectivity index (χ4n) is 1.20. The van der Waals surface area contributed by atoms with E-state index in [1.165, 1.54) is 0 Å². The standard InChI is InChI=1S/C11H20O2/c1-5-8(2)9(3)6-7-10(4)11(12)13/h8-9H,4-7H2,1-3H3,(H,12,13). The van der Waals surface area contributed by atoms with Gasteiger partial charge in [0.15, 0.2) is 0 Å². The Bertz CT molecular complexity index is 185. The molecule has 2 heteroatoms. The zero-order valence-electron chi connectivity index (χ0n) is 8.84. The second kappa shape index (κ2) is 5.79. The van der Waals surface area contributed by atoms with Crippen molar-refractivity contribution in [2.75, 3.05) is 0 Å². The van der Waals surface area contributed by atoms with Crippen LogP contribution in [0.3, 0.4) is 0 Å². The first-order valence-corrected chi connectivity index (χ1v) is 4.90. The minimum absolute atomic E-state index is 0.329. The van der Waals surface area contributed by atoms with Gasteiger partial charge < -0.3 is 5.11 Å². The van der Waals surface area contributed by atoms with E-state index in [9.17, 15) is 4.79 Å². The summed E-state index contributed by atoms with van der Waals surface area (Å²) in [5, 5.41) is 8.59. The van der Waals surface area contributed by atoms with Crippen molar-refractivity contribution in [1.82, 2.24) is 0 Å². The Kier molecular flexibility index (Phi) is 5.44. The van der Waals surface area contributed by atoms with Crippen LogP contribution in [0.2, 0.25) is 0 Å². The van der Waals surface area contributed by atoms with Crippen LogP contribution in [0.1, 0.15) is 40.0 Å². The Labute approximate surface area is 80.7 Å². The summed E-state index contributed by atoms with van der Waals surface area (Å²) in [6, 6.07) is 0. The molecule has 0 heterocycles. The summed E-state index contributed by atoms with van der Waals surface area (Å²) in [6.07, 6.45) is 2.70. The molecule has 0 spiro atoms. The van der Waals surface area contributed by atoms with Gasteiger partial charge in [0.2, 0.25) is 0 Å². The second-order valence-corrected chi connectivity index (χ2v) is 3.81.